The second-order valence-corrected chi connectivity index (χ2v) is 11.3. The molecule has 0 saturated carbocycles. The summed E-state index contributed by atoms with van der Waals surface area (Å²) >= 11 is 0. The summed E-state index contributed by atoms with van der Waals surface area (Å²) in [7, 11) is 1.64. The van der Waals surface area contributed by atoms with Crippen LogP contribution in [0.2, 0.25) is 0 Å². The van der Waals surface area contributed by atoms with E-state index >= 15 is 0 Å². The van der Waals surface area contributed by atoms with E-state index in [0.717, 1.165) is 34.2 Å². The van der Waals surface area contributed by atoms with Gasteiger partial charge in [-0.25, -0.2) is 0 Å². The number of carbonyl (C=O) groups is 2. The third kappa shape index (κ3) is 6.92. The molecule has 210 valence electrons. The van der Waals surface area contributed by atoms with E-state index in [1.54, 1.807) is 12.0 Å². The lowest BCUT2D eigenvalue weighted by Gasteiger charge is -2.28. The molecule has 3 aromatic carbocycles. The van der Waals surface area contributed by atoms with E-state index in [9.17, 15) is 9.59 Å². The predicted molar refractivity (Wildman–Crippen MR) is 162 cm³/mol. The van der Waals surface area contributed by atoms with Crippen molar-refractivity contribution in [3.05, 3.63) is 101 Å². The van der Waals surface area contributed by atoms with Gasteiger partial charge in [-0.3, -0.25) is 9.59 Å². The van der Waals surface area contributed by atoms with Gasteiger partial charge in [0, 0.05) is 47.9 Å². The number of methoxy groups -OCH3 is 1. The largest absolute Gasteiger partial charge is 0.496 e. The summed E-state index contributed by atoms with van der Waals surface area (Å²) in [5.41, 5.74) is 4.95. The van der Waals surface area contributed by atoms with Gasteiger partial charge < -0.3 is 19.5 Å². The lowest BCUT2D eigenvalue weighted by Crippen LogP contribution is -2.43. The van der Waals surface area contributed by atoms with Gasteiger partial charge in [0.2, 0.25) is 5.91 Å². The smallest absolute Gasteiger partial charge is 0.254 e. The van der Waals surface area contributed by atoms with Crippen LogP contribution in [-0.2, 0) is 23.2 Å². The first-order valence-corrected chi connectivity index (χ1v) is 14.1. The van der Waals surface area contributed by atoms with E-state index < -0.39 is 0 Å². The number of hydrogen-bond donors (Lipinski definition) is 1. The molecule has 1 N–H and O–H groups in total. The SMILES string of the molecule is CCCN(CC(=O)N(CCc1c[nH]c2ccccc12)Cc1ccccc1OC)C(=O)c1ccc(C(C)(C)C)cc1. The molecule has 4 aromatic rings. The molecule has 0 bridgehead atoms. The van der Waals surface area contributed by atoms with Crippen molar-refractivity contribution in [2.24, 2.45) is 0 Å². The van der Waals surface area contributed by atoms with E-state index in [-0.39, 0.29) is 23.8 Å². The minimum absolute atomic E-state index is 0.00440. The molecule has 1 heterocycles. The molecule has 0 atom stereocenters. The number of amides is 2. The summed E-state index contributed by atoms with van der Waals surface area (Å²) in [6.07, 6.45) is 3.48. The molecule has 0 spiro atoms. The van der Waals surface area contributed by atoms with Crippen LogP contribution in [0.4, 0.5) is 0 Å². The first-order valence-electron chi connectivity index (χ1n) is 14.1. The number of ether oxygens (including phenoxy) is 1. The highest BCUT2D eigenvalue weighted by Gasteiger charge is 2.24. The molecule has 0 aliphatic carbocycles. The number of para-hydroxylation sites is 2. The molecule has 0 fully saturated rings. The zero-order valence-electron chi connectivity index (χ0n) is 24.4. The summed E-state index contributed by atoms with van der Waals surface area (Å²) in [4.78, 5) is 34.2. The number of fused-ring (bicyclic) bond motifs is 1. The Kier molecular flexibility index (Phi) is 9.30. The number of aromatic nitrogens is 1. The van der Waals surface area contributed by atoms with Crippen LogP contribution in [0.25, 0.3) is 10.9 Å². The van der Waals surface area contributed by atoms with Crippen LogP contribution in [0.1, 0.15) is 61.2 Å². The number of H-pyrrole nitrogens is 1. The quantitative estimate of drug-likeness (QED) is 0.234. The van der Waals surface area contributed by atoms with Gasteiger partial charge in [0.25, 0.3) is 5.91 Å². The number of rotatable bonds is 11. The van der Waals surface area contributed by atoms with Gasteiger partial charge >= 0.3 is 0 Å². The van der Waals surface area contributed by atoms with Gasteiger partial charge in [0.05, 0.1) is 7.11 Å². The Morgan fingerprint density at radius 2 is 1.55 bits per heavy atom. The van der Waals surface area contributed by atoms with E-state index in [0.29, 0.717) is 31.6 Å². The highest BCUT2D eigenvalue weighted by atomic mass is 16.5. The lowest BCUT2D eigenvalue weighted by atomic mass is 9.86. The van der Waals surface area contributed by atoms with E-state index in [1.165, 1.54) is 5.56 Å². The van der Waals surface area contributed by atoms with Gasteiger partial charge in [-0.2, -0.15) is 0 Å². The van der Waals surface area contributed by atoms with Gasteiger partial charge in [0.1, 0.15) is 12.3 Å². The summed E-state index contributed by atoms with van der Waals surface area (Å²) < 4.78 is 5.58. The van der Waals surface area contributed by atoms with Gasteiger partial charge in [-0.15, -0.1) is 0 Å². The molecule has 0 unspecified atom stereocenters. The fourth-order valence-electron chi connectivity index (χ4n) is 5.01. The zero-order valence-corrected chi connectivity index (χ0v) is 24.4. The summed E-state index contributed by atoms with van der Waals surface area (Å²) in [6.45, 7) is 9.94. The molecule has 0 radical (unpaired) electrons. The molecule has 0 saturated heterocycles. The van der Waals surface area contributed by atoms with Crippen LogP contribution in [0.3, 0.4) is 0 Å². The van der Waals surface area contributed by atoms with E-state index in [4.69, 9.17) is 4.74 Å². The van der Waals surface area contributed by atoms with Crippen LogP contribution >= 0.6 is 0 Å². The highest BCUT2D eigenvalue weighted by molar-refractivity contribution is 5.96. The molecule has 4 rings (SSSR count). The van der Waals surface area contributed by atoms with Crippen molar-refractivity contribution >= 4 is 22.7 Å². The van der Waals surface area contributed by atoms with Crippen molar-refractivity contribution in [1.29, 1.82) is 0 Å². The molecular weight excluding hydrogens is 498 g/mol. The minimum atomic E-state index is -0.121. The minimum Gasteiger partial charge on any atom is -0.496 e. The number of nitrogens with one attached hydrogen (secondary N) is 1. The Labute approximate surface area is 238 Å². The molecule has 0 aliphatic heterocycles. The summed E-state index contributed by atoms with van der Waals surface area (Å²) in [5.74, 6) is 0.538. The van der Waals surface area contributed by atoms with Crippen molar-refractivity contribution in [1.82, 2.24) is 14.8 Å². The van der Waals surface area contributed by atoms with Crippen molar-refractivity contribution in [3.8, 4) is 5.75 Å². The fourth-order valence-corrected chi connectivity index (χ4v) is 5.01. The van der Waals surface area contributed by atoms with Gasteiger partial charge in [-0.1, -0.05) is 76.2 Å². The Morgan fingerprint density at radius 3 is 2.25 bits per heavy atom. The third-order valence-corrected chi connectivity index (χ3v) is 7.34. The van der Waals surface area contributed by atoms with Crippen LogP contribution in [0.15, 0.2) is 79.0 Å². The van der Waals surface area contributed by atoms with Crippen molar-refractivity contribution < 1.29 is 14.3 Å². The van der Waals surface area contributed by atoms with Crippen LogP contribution in [-0.4, -0.2) is 53.3 Å². The number of hydrogen-bond acceptors (Lipinski definition) is 3. The van der Waals surface area contributed by atoms with E-state index in [1.807, 2.05) is 78.7 Å². The first-order chi connectivity index (χ1) is 19.2. The third-order valence-electron chi connectivity index (χ3n) is 7.34. The maximum Gasteiger partial charge on any atom is 0.254 e. The van der Waals surface area contributed by atoms with Crippen LogP contribution in [0, 0.1) is 0 Å². The van der Waals surface area contributed by atoms with Crippen LogP contribution in [0.5, 0.6) is 5.75 Å². The van der Waals surface area contributed by atoms with Crippen LogP contribution < -0.4 is 4.74 Å². The topological polar surface area (TPSA) is 65.6 Å². The molecule has 6 heteroatoms. The standard InChI is InChI=1S/C34H41N3O3/c1-6-20-37(33(39)25-15-17-28(18-16-25)34(2,3)4)24-32(38)36(23-27-11-7-10-14-31(27)40-5)21-19-26-22-35-30-13-9-8-12-29(26)30/h7-18,22,35H,6,19-21,23-24H2,1-5H3. The maximum atomic E-state index is 13.9. The second-order valence-electron chi connectivity index (χ2n) is 11.3. The number of aromatic amines is 1. The fraction of sp³-hybridized carbons (Fsp3) is 0.353. The normalized spacial score (nSPS) is 11.4. The Balaban J connectivity index is 1.55. The number of nitrogens with zero attached hydrogens (tertiary/aromatic N) is 2. The Hall–Kier alpha value is -4.06. The number of carbonyl (C=O) groups excluding carboxylic acids is 2. The zero-order chi connectivity index (χ0) is 28.7. The Bertz CT molecular complexity index is 1430. The van der Waals surface area contributed by atoms with Crippen molar-refractivity contribution in [2.75, 3.05) is 26.7 Å². The molecule has 6 nitrogen and oxygen atoms in total. The first kappa shape index (κ1) is 28.9. The predicted octanol–water partition coefficient (Wildman–Crippen LogP) is 6.60. The average Bonchev–Trinajstić information content (AvgIpc) is 3.37. The Morgan fingerprint density at radius 1 is 0.850 bits per heavy atom. The molecule has 1 aromatic heterocycles. The second kappa shape index (κ2) is 12.9. The molecule has 40 heavy (non-hydrogen) atoms. The van der Waals surface area contributed by atoms with Crippen molar-refractivity contribution in [3.63, 3.8) is 0 Å². The summed E-state index contributed by atoms with van der Waals surface area (Å²) in [5, 5.41) is 1.16. The number of benzene rings is 3. The average molecular weight is 540 g/mol. The monoisotopic (exact) mass is 539 g/mol. The highest BCUT2D eigenvalue weighted by Crippen LogP contribution is 2.24. The van der Waals surface area contributed by atoms with Gasteiger partial charge in [0.15, 0.2) is 0 Å². The molecular formula is C34H41N3O3. The van der Waals surface area contributed by atoms with Gasteiger partial charge in [-0.05, 0) is 53.6 Å². The van der Waals surface area contributed by atoms with Crippen molar-refractivity contribution in [2.45, 2.75) is 52.5 Å². The summed E-state index contributed by atoms with van der Waals surface area (Å²) in [6, 6.07) is 23.7. The maximum absolute atomic E-state index is 13.9. The van der Waals surface area contributed by atoms with E-state index in [2.05, 4.69) is 37.9 Å². The molecule has 0 aliphatic rings. The molecule has 2 amide bonds. The lowest BCUT2D eigenvalue weighted by molar-refractivity contribution is -0.132.